The second kappa shape index (κ2) is 7.17. The molecule has 1 aliphatic heterocycles. The van der Waals surface area contributed by atoms with Crippen LogP contribution in [0.15, 0.2) is 36.8 Å². The van der Waals surface area contributed by atoms with Crippen molar-refractivity contribution in [2.45, 2.75) is 18.9 Å². The number of rotatable bonds is 5. The van der Waals surface area contributed by atoms with E-state index >= 15 is 0 Å². The number of aromatic nitrogens is 3. The maximum Gasteiger partial charge on any atom is 0.225 e. The third kappa shape index (κ3) is 3.71. The molecule has 2 aromatic rings. The van der Waals surface area contributed by atoms with Crippen LogP contribution in [0.3, 0.4) is 0 Å². The zero-order valence-corrected chi connectivity index (χ0v) is 12.8. The van der Waals surface area contributed by atoms with Crippen molar-refractivity contribution in [1.29, 1.82) is 0 Å². The SMILES string of the molecule is CNc1cc(CC[C@@H]2CN(c3ncccn3)CCO2)ccn1. The van der Waals surface area contributed by atoms with Crippen LogP contribution in [0.25, 0.3) is 0 Å². The molecule has 6 heteroatoms. The van der Waals surface area contributed by atoms with E-state index in [0.717, 1.165) is 44.3 Å². The fourth-order valence-electron chi connectivity index (χ4n) is 2.62. The van der Waals surface area contributed by atoms with Gasteiger partial charge in [0.1, 0.15) is 5.82 Å². The van der Waals surface area contributed by atoms with Crippen LogP contribution in [0.5, 0.6) is 0 Å². The molecule has 0 radical (unpaired) electrons. The molecule has 1 atom stereocenters. The number of nitrogens with zero attached hydrogens (tertiary/aromatic N) is 4. The molecule has 0 unspecified atom stereocenters. The molecule has 0 spiro atoms. The normalized spacial score (nSPS) is 18.2. The summed E-state index contributed by atoms with van der Waals surface area (Å²) in [6.45, 7) is 2.41. The first-order chi connectivity index (χ1) is 10.8. The number of hydrogen-bond donors (Lipinski definition) is 1. The maximum atomic E-state index is 5.88. The number of hydrogen-bond acceptors (Lipinski definition) is 6. The van der Waals surface area contributed by atoms with Crippen LogP contribution in [0, 0.1) is 0 Å². The number of morpholine rings is 1. The molecule has 116 valence electrons. The molecule has 0 aromatic carbocycles. The smallest absolute Gasteiger partial charge is 0.225 e. The average molecular weight is 299 g/mol. The van der Waals surface area contributed by atoms with Crippen LogP contribution in [-0.4, -0.2) is 47.8 Å². The lowest BCUT2D eigenvalue weighted by atomic mass is 10.1. The van der Waals surface area contributed by atoms with Gasteiger partial charge >= 0.3 is 0 Å². The summed E-state index contributed by atoms with van der Waals surface area (Å²) in [5.41, 5.74) is 1.27. The van der Waals surface area contributed by atoms with E-state index in [9.17, 15) is 0 Å². The van der Waals surface area contributed by atoms with Crippen molar-refractivity contribution in [3.8, 4) is 0 Å². The molecule has 1 saturated heterocycles. The van der Waals surface area contributed by atoms with Gasteiger partial charge in [-0.05, 0) is 36.6 Å². The maximum absolute atomic E-state index is 5.88. The Morgan fingerprint density at radius 3 is 2.95 bits per heavy atom. The first kappa shape index (κ1) is 14.7. The summed E-state index contributed by atoms with van der Waals surface area (Å²) < 4.78 is 5.88. The third-order valence-electron chi connectivity index (χ3n) is 3.81. The van der Waals surface area contributed by atoms with Gasteiger partial charge in [0.25, 0.3) is 0 Å². The first-order valence-electron chi connectivity index (χ1n) is 7.61. The topological polar surface area (TPSA) is 63.2 Å². The predicted octanol–water partition coefficient (Wildman–Crippen LogP) is 1.75. The van der Waals surface area contributed by atoms with Crippen LogP contribution in [0.1, 0.15) is 12.0 Å². The molecule has 3 heterocycles. The van der Waals surface area contributed by atoms with Crippen LogP contribution >= 0.6 is 0 Å². The van der Waals surface area contributed by atoms with E-state index in [-0.39, 0.29) is 6.10 Å². The summed E-state index contributed by atoms with van der Waals surface area (Å²) >= 11 is 0. The van der Waals surface area contributed by atoms with E-state index in [4.69, 9.17) is 4.74 Å². The molecule has 1 aliphatic rings. The number of ether oxygens (including phenoxy) is 1. The van der Waals surface area contributed by atoms with Gasteiger partial charge in [0.05, 0.1) is 12.7 Å². The number of nitrogens with one attached hydrogen (secondary N) is 1. The summed E-state index contributed by atoms with van der Waals surface area (Å²) in [4.78, 5) is 15.1. The molecule has 0 amide bonds. The number of pyridine rings is 1. The van der Waals surface area contributed by atoms with Crippen LogP contribution in [-0.2, 0) is 11.2 Å². The molecule has 0 aliphatic carbocycles. The highest BCUT2D eigenvalue weighted by Crippen LogP contribution is 2.16. The van der Waals surface area contributed by atoms with Crippen LogP contribution in [0.2, 0.25) is 0 Å². The van der Waals surface area contributed by atoms with Crippen molar-refractivity contribution < 1.29 is 4.74 Å². The average Bonchev–Trinajstić information content (AvgIpc) is 2.61. The summed E-state index contributed by atoms with van der Waals surface area (Å²) in [5, 5.41) is 3.07. The van der Waals surface area contributed by atoms with Gasteiger partial charge in [-0.25, -0.2) is 15.0 Å². The third-order valence-corrected chi connectivity index (χ3v) is 3.81. The molecule has 0 bridgehead atoms. The quantitative estimate of drug-likeness (QED) is 0.907. The Morgan fingerprint density at radius 2 is 2.14 bits per heavy atom. The van der Waals surface area contributed by atoms with Gasteiger partial charge in [-0.3, -0.25) is 0 Å². The predicted molar refractivity (Wildman–Crippen MR) is 86.1 cm³/mol. The molecule has 6 nitrogen and oxygen atoms in total. The highest BCUT2D eigenvalue weighted by Gasteiger charge is 2.21. The van der Waals surface area contributed by atoms with E-state index in [2.05, 4.69) is 37.3 Å². The highest BCUT2D eigenvalue weighted by molar-refractivity contribution is 5.36. The second-order valence-corrected chi connectivity index (χ2v) is 5.33. The Balaban J connectivity index is 1.56. The molecular formula is C16H21N5O. The van der Waals surface area contributed by atoms with E-state index in [1.807, 2.05) is 19.3 Å². The van der Waals surface area contributed by atoms with Gasteiger partial charge in [-0.15, -0.1) is 0 Å². The molecule has 2 aromatic heterocycles. The van der Waals surface area contributed by atoms with Crippen molar-refractivity contribution >= 4 is 11.8 Å². The lowest BCUT2D eigenvalue weighted by Gasteiger charge is -2.33. The van der Waals surface area contributed by atoms with E-state index in [1.54, 1.807) is 12.4 Å². The highest BCUT2D eigenvalue weighted by atomic mass is 16.5. The Bertz CT molecular complexity index is 592. The summed E-state index contributed by atoms with van der Waals surface area (Å²) in [7, 11) is 1.88. The summed E-state index contributed by atoms with van der Waals surface area (Å²) in [5.74, 6) is 1.69. The second-order valence-electron chi connectivity index (χ2n) is 5.33. The molecular weight excluding hydrogens is 278 g/mol. The van der Waals surface area contributed by atoms with Gasteiger partial charge in [-0.2, -0.15) is 0 Å². The van der Waals surface area contributed by atoms with Crippen molar-refractivity contribution in [2.75, 3.05) is 37.0 Å². The van der Waals surface area contributed by atoms with Crippen LogP contribution in [0.4, 0.5) is 11.8 Å². The lowest BCUT2D eigenvalue weighted by Crippen LogP contribution is -2.43. The van der Waals surface area contributed by atoms with Crippen LogP contribution < -0.4 is 10.2 Å². The lowest BCUT2D eigenvalue weighted by molar-refractivity contribution is 0.0349. The molecule has 3 rings (SSSR count). The standard InChI is InChI=1S/C16H21N5O/c1-17-15-11-13(5-8-18-15)3-4-14-12-21(9-10-22-14)16-19-6-2-7-20-16/h2,5-8,11,14H,3-4,9-10,12H2,1H3,(H,17,18)/t14-/m1/s1. The fourth-order valence-corrected chi connectivity index (χ4v) is 2.62. The molecule has 22 heavy (non-hydrogen) atoms. The fraction of sp³-hybridized carbons (Fsp3) is 0.438. The Morgan fingerprint density at radius 1 is 1.27 bits per heavy atom. The Labute approximate surface area is 130 Å². The summed E-state index contributed by atoms with van der Waals surface area (Å²) in [6.07, 6.45) is 7.57. The minimum atomic E-state index is 0.212. The zero-order chi connectivity index (χ0) is 15.2. The van der Waals surface area contributed by atoms with Gasteiger partial charge in [-0.1, -0.05) is 0 Å². The minimum absolute atomic E-state index is 0.212. The molecule has 1 N–H and O–H groups in total. The van der Waals surface area contributed by atoms with Crippen molar-refractivity contribution in [3.63, 3.8) is 0 Å². The Kier molecular flexibility index (Phi) is 4.80. The molecule has 1 fully saturated rings. The van der Waals surface area contributed by atoms with Crippen molar-refractivity contribution in [1.82, 2.24) is 15.0 Å². The Hall–Kier alpha value is -2.21. The van der Waals surface area contributed by atoms with E-state index < -0.39 is 0 Å². The monoisotopic (exact) mass is 299 g/mol. The number of aryl methyl sites for hydroxylation is 1. The van der Waals surface area contributed by atoms with E-state index in [0.29, 0.717) is 0 Å². The minimum Gasteiger partial charge on any atom is -0.375 e. The number of anilines is 2. The van der Waals surface area contributed by atoms with E-state index in [1.165, 1.54) is 5.56 Å². The largest absolute Gasteiger partial charge is 0.375 e. The van der Waals surface area contributed by atoms with Gasteiger partial charge in [0.15, 0.2) is 0 Å². The van der Waals surface area contributed by atoms with Crippen molar-refractivity contribution in [3.05, 3.63) is 42.4 Å². The first-order valence-corrected chi connectivity index (χ1v) is 7.61. The zero-order valence-electron chi connectivity index (χ0n) is 12.8. The summed E-state index contributed by atoms with van der Waals surface area (Å²) in [6, 6.07) is 5.98. The van der Waals surface area contributed by atoms with Gasteiger partial charge in [0.2, 0.25) is 5.95 Å². The van der Waals surface area contributed by atoms with Crippen molar-refractivity contribution in [2.24, 2.45) is 0 Å². The molecule has 0 saturated carbocycles. The van der Waals surface area contributed by atoms with Gasteiger partial charge < -0.3 is 15.0 Å². The van der Waals surface area contributed by atoms with Gasteiger partial charge in [0, 0.05) is 38.7 Å².